The summed E-state index contributed by atoms with van der Waals surface area (Å²) < 4.78 is 1.02. The molecule has 0 bridgehead atoms. The lowest BCUT2D eigenvalue weighted by Gasteiger charge is -2.00. The van der Waals surface area contributed by atoms with Crippen LogP contribution in [0.2, 0.25) is 0 Å². The van der Waals surface area contributed by atoms with Crippen LogP contribution in [0.15, 0.2) is 59.1 Å². The Hall–Kier alpha value is -2.53. The first-order valence-electron chi connectivity index (χ1n) is 6.61. The molecule has 0 saturated carbocycles. The highest BCUT2D eigenvalue weighted by Crippen LogP contribution is 2.24. The van der Waals surface area contributed by atoms with E-state index in [0.29, 0.717) is 11.2 Å². The highest BCUT2D eigenvalue weighted by atomic mass is 79.9. The number of non-ortho nitro benzene ring substituents is 1. The smallest absolute Gasteiger partial charge is 0.258 e. The summed E-state index contributed by atoms with van der Waals surface area (Å²) in [5, 5.41) is 11.8. The maximum Gasteiger partial charge on any atom is 0.295 e. The standard InChI is InChI=1S/C17H11BrN2O2/c18-14-8-4-12(5-9-14)6-10-15-11-7-13-2-1-3-16(20(21)22)17(13)19-15/h1-11H/b10-6+. The molecule has 0 aliphatic rings. The van der Waals surface area contributed by atoms with Gasteiger partial charge in [-0.15, -0.1) is 0 Å². The molecule has 108 valence electrons. The van der Waals surface area contributed by atoms with Gasteiger partial charge in [-0.3, -0.25) is 10.1 Å². The Bertz CT molecular complexity index is 873. The van der Waals surface area contributed by atoms with Gasteiger partial charge in [-0.25, -0.2) is 4.98 Å². The van der Waals surface area contributed by atoms with E-state index in [9.17, 15) is 10.1 Å². The van der Waals surface area contributed by atoms with Crippen LogP contribution in [-0.4, -0.2) is 9.91 Å². The minimum absolute atomic E-state index is 0.0244. The second-order valence-electron chi connectivity index (χ2n) is 4.73. The molecule has 22 heavy (non-hydrogen) atoms. The Kier molecular flexibility index (Phi) is 3.98. The zero-order valence-corrected chi connectivity index (χ0v) is 13.0. The van der Waals surface area contributed by atoms with E-state index in [-0.39, 0.29) is 5.69 Å². The first-order chi connectivity index (χ1) is 10.6. The Morgan fingerprint density at radius 1 is 1.00 bits per heavy atom. The van der Waals surface area contributed by atoms with E-state index >= 15 is 0 Å². The van der Waals surface area contributed by atoms with Crippen molar-refractivity contribution in [1.82, 2.24) is 4.98 Å². The molecule has 0 atom stereocenters. The van der Waals surface area contributed by atoms with Crippen molar-refractivity contribution >= 4 is 44.7 Å². The van der Waals surface area contributed by atoms with Gasteiger partial charge in [0.2, 0.25) is 0 Å². The quantitative estimate of drug-likeness (QED) is 0.487. The molecule has 3 aromatic rings. The molecule has 0 radical (unpaired) electrons. The average Bonchev–Trinajstić information content (AvgIpc) is 2.53. The zero-order valence-electron chi connectivity index (χ0n) is 11.4. The van der Waals surface area contributed by atoms with E-state index in [1.54, 1.807) is 6.07 Å². The lowest BCUT2D eigenvalue weighted by molar-refractivity contribution is -0.383. The summed E-state index contributed by atoms with van der Waals surface area (Å²) in [5.41, 5.74) is 2.15. The van der Waals surface area contributed by atoms with Gasteiger partial charge in [0.15, 0.2) is 0 Å². The van der Waals surface area contributed by atoms with Crippen LogP contribution >= 0.6 is 15.9 Å². The predicted molar refractivity (Wildman–Crippen MR) is 91.5 cm³/mol. The van der Waals surface area contributed by atoms with Gasteiger partial charge >= 0.3 is 0 Å². The summed E-state index contributed by atoms with van der Waals surface area (Å²) in [6.45, 7) is 0. The maximum atomic E-state index is 11.1. The molecule has 4 nitrogen and oxygen atoms in total. The van der Waals surface area contributed by atoms with Gasteiger partial charge < -0.3 is 0 Å². The lowest BCUT2D eigenvalue weighted by Crippen LogP contribution is -1.92. The molecule has 0 saturated heterocycles. The lowest BCUT2D eigenvalue weighted by atomic mass is 10.1. The topological polar surface area (TPSA) is 56.0 Å². The van der Waals surface area contributed by atoms with Gasteiger partial charge in [0, 0.05) is 15.9 Å². The van der Waals surface area contributed by atoms with Crippen LogP contribution in [0.5, 0.6) is 0 Å². The first-order valence-corrected chi connectivity index (χ1v) is 7.40. The minimum atomic E-state index is -0.405. The number of hydrogen-bond donors (Lipinski definition) is 0. The number of fused-ring (bicyclic) bond motifs is 1. The molecule has 0 unspecified atom stereocenters. The van der Waals surface area contributed by atoms with Gasteiger partial charge in [-0.05, 0) is 29.8 Å². The predicted octanol–water partition coefficient (Wildman–Crippen LogP) is 5.08. The third-order valence-corrected chi connectivity index (χ3v) is 3.76. The average molecular weight is 355 g/mol. The van der Waals surface area contributed by atoms with Gasteiger partial charge in [0.05, 0.1) is 10.6 Å². The summed E-state index contributed by atoms with van der Waals surface area (Å²) in [7, 11) is 0. The third-order valence-electron chi connectivity index (χ3n) is 3.23. The van der Waals surface area contributed by atoms with Crippen molar-refractivity contribution in [3.63, 3.8) is 0 Å². The van der Waals surface area contributed by atoms with Gasteiger partial charge in [0.1, 0.15) is 5.52 Å². The fraction of sp³-hybridized carbons (Fsp3) is 0. The first kappa shape index (κ1) is 14.4. The van der Waals surface area contributed by atoms with Crippen molar-refractivity contribution < 1.29 is 4.92 Å². The van der Waals surface area contributed by atoms with Crippen LogP contribution in [-0.2, 0) is 0 Å². The Morgan fingerprint density at radius 3 is 2.50 bits per heavy atom. The highest BCUT2D eigenvalue weighted by molar-refractivity contribution is 9.10. The number of benzene rings is 2. The molecule has 5 heteroatoms. The van der Waals surface area contributed by atoms with Crippen LogP contribution in [0.25, 0.3) is 23.1 Å². The van der Waals surface area contributed by atoms with Crippen LogP contribution in [0.4, 0.5) is 5.69 Å². The molecule has 1 aromatic heterocycles. The molecule has 0 aliphatic carbocycles. The highest BCUT2D eigenvalue weighted by Gasteiger charge is 2.12. The van der Waals surface area contributed by atoms with Crippen molar-refractivity contribution in [2.24, 2.45) is 0 Å². The summed E-state index contributed by atoms with van der Waals surface area (Å²) >= 11 is 3.39. The fourth-order valence-electron chi connectivity index (χ4n) is 2.14. The molecular formula is C17H11BrN2O2. The van der Waals surface area contributed by atoms with Gasteiger partial charge in [0.25, 0.3) is 5.69 Å². The number of nitro benzene ring substituents is 1. The van der Waals surface area contributed by atoms with Crippen molar-refractivity contribution in [3.05, 3.63) is 80.4 Å². The van der Waals surface area contributed by atoms with Crippen LogP contribution in [0.3, 0.4) is 0 Å². The van der Waals surface area contributed by atoms with Crippen LogP contribution in [0, 0.1) is 10.1 Å². The Balaban J connectivity index is 1.99. The van der Waals surface area contributed by atoms with Crippen molar-refractivity contribution in [2.45, 2.75) is 0 Å². The molecule has 2 aromatic carbocycles. The summed E-state index contributed by atoms with van der Waals surface area (Å²) in [6, 6.07) is 16.5. The summed E-state index contributed by atoms with van der Waals surface area (Å²) in [4.78, 5) is 15.1. The molecule has 1 heterocycles. The van der Waals surface area contributed by atoms with Crippen molar-refractivity contribution in [1.29, 1.82) is 0 Å². The molecule has 0 spiro atoms. The van der Waals surface area contributed by atoms with Gasteiger partial charge in [-0.1, -0.05) is 52.3 Å². The molecule has 0 amide bonds. The fourth-order valence-corrected chi connectivity index (χ4v) is 2.41. The number of halogens is 1. The number of pyridine rings is 1. The molecule has 0 N–H and O–H groups in total. The van der Waals surface area contributed by atoms with Gasteiger partial charge in [-0.2, -0.15) is 0 Å². The second kappa shape index (κ2) is 6.07. The molecule has 3 rings (SSSR count). The Morgan fingerprint density at radius 2 is 1.77 bits per heavy atom. The number of aromatic nitrogens is 1. The molecule has 0 aliphatic heterocycles. The van der Waals surface area contributed by atoms with Crippen molar-refractivity contribution in [3.8, 4) is 0 Å². The third kappa shape index (κ3) is 3.04. The van der Waals surface area contributed by atoms with E-state index < -0.39 is 4.92 Å². The normalized spacial score (nSPS) is 11.1. The second-order valence-corrected chi connectivity index (χ2v) is 5.64. The van der Waals surface area contributed by atoms with E-state index in [2.05, 4.69) is 20.9 Å². The summed E-state index contributed by atoms with van der Waals surface area (Å²) in [5.74, 6) is 0. The van der Waals surface area contributed by atoms with E-state index in [0.717, 1.165) is 15.4 Å². The van der Waals surface area contributed by atoms with Crippen LogP contribution < -0.4 is 0 Å². The largest absolute Gasteiger partial charge is 0.295 e. The molecule has 0 fully saturated rings. The van der Waals surface area contributed by atoms with Crippen molar-refractivity contribution in [2.75, 3.05) is 0 Å². The minimum Gasteiger partial charge on any atom is -0.258 e. The van der Waals surface area contributed by atoms with E-state index in [4.69, 9.17) is 0 Å². The SMILES string of the molecule is O=[N+]([O-])c1cccc2ccc(/C=C/c3ccc(Br)cc3)nc12. The van der Waals surface area contributed by atoms with E-state index in [1.807, 2.05) is 54.6 Å². The number of rotatable bonds is 3. The maximum absolute atomic E-state index is 11.1. The number of para-hydroxylation sites is 1. The number of nitrogens with zero attached hydrogens (tertiary/aromatic N) is 2. The zero-order chi connectivity index (χ0) is 15.5. The monoisotopic (exact) mass is 354 g/mol. The Labute approximate surface area is 135 Å². The van der Waals surface area contributed by atoms with Crippen LogP contribution in [0.1, 0.15) is 11.3 Å². The summed E-state index contributed by atoms with van der Waals surface area (Å²) in [6.07, 6.45) is 3.77. The molecular weight excluding hydrogens is 344 g/mol. The number of hydrogen-bond acceptors (Lipinski definition) is 3. The van der Waals surface area contributed by atoms with E-state index in [1.165, 1.54) is 6.07 Å². The number of nitro groups is 1.